The molecule has 0 bridgehead atoms. The van der Waals surface area contributed by atoms with E-state index in [9.17, 15) is 14.7 Å². The number of carbonyl (C=O) groups excluding carboxylic acids is 1. The molecule has 2 rings (SSSR count). The van der Waals surface area contributed by atoms with Gasteiger partial charge in [-0.15, -0.1) is 0 Å². The summed E-state index contributed by atoms with van der Waals surface area (Å²) in [5.41, 5.74) is 0.859. The molecule has 1 unspecified atom stereocenters. The van der Waals surface area contributed by atoms with Crippen molar-refractivity contribution in [2.75, 3.05) is 5.32 Å². The Balaban J connectivity index is 2.36. The Kier molecular flexibility index (Phi) is 4.14. The van der Waals surface area contributed by atoms with Gasteiger partial charge >= 0.3 is 6.09 Å². The average molecular weight is 311 g/mol. The van der Waals surface area contributed by atoms with Crippen molar-refractivity contribution in [1.82, 2.24) is 4.90 Å². The molecule has 5 nitrogen and oxygen atoms in total. The van der Waals surface area contributed by atoms with Gasteiger partial charge < -0.3 is 10.4 Å². The Morgan fingerprint density at radius 1 is 1.43 bits per heavy atom. The molecule has 0 saturated carbocycles. The van der Waals surface area contributed by atoms with Gasteiger partial charge in [-0.1, -0.05) is 17.7 Å². The highest BCUT2D eigenvalue weighted by molar-refractivity contribution is 6.31. The van der Waals surface area contributed by atoms with Gasteiger partial charge in [-0.3, -0.25) is 9.69 Å². The SMILES string of the molecule is CC(C)(C)N(C(=O)O)C1CCc2c(Cl)cccc2NC1=O. The molecule has 1 aromatic carbocycles. The van der Waals surface area contributed by atoms with Gasteiger partial charge in [-0.25, -0.2) is 4.79 Å². The van der Waals surface area contributed by atoms with Gasteiger partial charge in [0.05, 0.1) is 0 Å². The number of rotatable bonds is 1. The van der Waals surface area contributed by atoms with Crippen molar-refractivity contribution in [1.29, 1.82) is 0 Å². The smallest absolute Gasteiger partial charge is 0.408 e. The molecule has 1 atom stereocenters. The maximum Gasteiger partial charge on any atom is 0.408 e. The van der Waals surface area contributed by atoms with Gasteiger partial charge in [0, 0.05) is 16.2 Å². The maximum absolute atomic E-state index is 12.4. The van der Waals surface area contributed by atoms with Gasteiger partial charge in [0.2, 0.25) is 5.91 Å². The first-order valence-electron chi connectivity index (χ1n) is 6.82. The highest BCUT2D eigenvalue weighted by atomic mass is 35.5. The van der Waals surface area contributed by atoms with Crippen LogP contribution in [0.1, 0.15) is 32.8 Å². The highest BCUT2D eigenvalue weighted by Crippen LogP contribution is 2.31. The van der Waals surface area contributed by atoms with Crippen LogP contribution >= 0.6 is 11.6 Å². The summed E-state index contributed by atoms with van der Waals surface area (Å²) in [5, 5.41) is 12.8. The van der Waals surface area contributed by atoms with E-state index >= 15 is 0 Å². The maximum atomic E-state index is 12.4. The Morgan fingerprint density at radius 2 is 2.10 bits per heavy atom. The van der Waals surface area contributed by atoms with E-state index in [1.807, 2.05) is 0 Å². The second-order valence-corrected chi connectivity index (χ2v) is 6.54. The van der Waals surface area contributed by atoms with Gasteiger partial charge in [-0.2, -0.15) is 0 Å². The number of nitrogens with zero attached hydrogens (tertiary/aromatic N) is 1. The van der Waals surface area contributed by atoms with Crippen LogP contribution in [0.5, 0.6) is 0 Å². The van der Waals surface area contributed by atoms with Crippen LogP contribution in [-0.4, -0.2) is 33.6 Å². The number of fused-ring (bicyclic) bond motifs is 1. The fraction of sp³-hybridized carbons (Fsp3) is 0.467. The monoisotopic (exact) mass is 310 g/mol. The van der Waals surface area contributed by atoms with E-state index in [1.54, 1.807) is 39.0 Å². The van der Waals surface area contributed by atoms with Gasteiger partial charge in [0.1, 0.15) is 6.04 Å². The number of carboxylic acid groups (broad SMARTS) is 1. The number of hydrogen-bond acceptors (Lipinski definition) is 2. The molecule has 2 amide bonds. The van der Waals surface area contributed by atoms with E-state index in [-0.39, 0.29) is 5.91 Å². The molecule has 1 aliphatic rings. The third kappa shape index (κ3) is 3.13. The largest absolute Gasteiger partial charge is 0.465 e. The van der Waals surface area contributed by atoms with Crippen LogP contribution < -0.4 is 5.32 Å². The summed E-state index contributed by atoms with van der Waals surface area (Å²) in [6.45, 7) is 5.33. The van der Waals surface area contributed by atoms with Crippen molar-refractivity contribution in [2.45, 2.75) is 45.2 Å². The van der Waals surface area contributed by atoms with Crippen molar-refractivity contribution in [2.24, 2.45) is 0 Å². The fourth-order valence-corrected chi connectivity index (χ4v) is 2.96. The van der Waals surface area contributed by atoms with E-state index in [1.165, 1.54) is 4.90 Å². The molecule has 6 heteroatoms. The predicted octanol–water partition coefficient (Wildman–Crippen LogP) is 3.37. The van der Waals surface area contributed by atoms with Crippen molar-refractivity contribution in [3.05, 3.63) is 28.8 Å². The molecule has 1 aromatic rings. The lowest BCUT2D eigenvalue weighted by atomic mass is 9.99. The minimum absolute atomic E-state index is 0.312. The molecule has 0 aromatic heterocycles. The first-order chi connectivity index (χ1) is 9.71. The number of amides is 2. The molecule has 1 heterocycles. The van der Waals surface area contributed by atoms with E-state index in [4.69, 9.17) is 11.6 Å². The van der Waals surface area contributed by atoms with Crippen LogP contribution in [0, 0.1) is 0 Å². The molecule has 0 spiro atoms. The zero-order valence-corrected chi connectivity index (χ0v) is 13.1. The van der Waals surface area contributed by atoms with E-state index < -0.39 is 17.7 Å². The summed E-state index contributed by atoms with van der Waals surface area (Å²) >= 11 is 6.16. The third-order valence-electron chi connectivity index (χ3n) is 3.59. The summed E-state index contributed by atoms with van der Waals surface area (Å²) in [6.07, 6.45) is -0.135. The van der Waals surface area contributed by atoms with E-state index in [2.05, 4.69) is 5.32 Å². The Hall–Kier alpha value is -1.75. The minimum atomic E-state index is -1.10. The normalized spacial score (nSPS) is 18.5. The molecule has 0 aliphatic carbocycles. The molecule has 2 N–H and O–H groups in total. The Bertz CT molecular complexity index is 581. The molecule has 0 saturated heterocycles. The number of benzene rings is 1. The highest BCUT2D eigenvalue weighted by Gasteiger charge is 2.38. The quantitative estimate of drug-likeness (QED) is 0.835. The van der Waals surface area contributed by atoms with Crippen LogP contribution in [-0.2, 0) is 11.2 Å². The Labute approximate surface area is 128 Å². The summed E-state index contributed by atoms with van der Waals surface area (Å²) in [5.74, 6) is -0.312. The number of anilines is 1. The van der Waals surface area contributed by atoms with Crippen LogP contribution in [0.15, 0.2) is 18.2 Å². The summed E-state index contributed by atoms with van der Waals surface area (Å²) in [7, 11) is 0. The number of hydrogen-bond donors (Lipinski definition) is 2. The van der Waals surface area contributed by atoms with Crippen LogP contribution in [0.4, 0.5) is 10.5 Å². The molecule has 21 heavy (non-hydrogen) atoms. The Morgan fingerprint density at radius 3 is 2.67 bits per heavy atom. The molecular weight excluding hydrogens is 292 g/mol. The fourth-order valence-electron chi connectivity index (χ4n) is 2.69. The summed E-state index contributed by atoms with van der Waals surface area (Å²) in [4.78, 5) is 25.2. The van der Waals surface area contributed by atoms with Gasteiger partial charge in [0.25, 0.3) is 0 Å². The number of carbonyl (C=O) groups is 2. The van der Waals surface area contributed by atoms with Crippen LogP contribution in [0.25, 0.3) is 0 Å². The minimum Gasteiger partial charge on any atom is -0.465 e. The molecular formula is C15H19ClN2O3. The van der Waals surface area contributed by atoms with Crippen molar-refractivity contribution >= 4 is 29.3 Å². The van der Waals surface area contributed by atoms with E-state index in [0.29, 0.717) is 23.6 Å². The van der Waals surface area contributed by atoms with Gasteiger partial charge in [0.15, 0.2) is 0 Å². The number of nitrogens with one attached hydrogen (secondary N) is 1. The molecule has 0 radical (unpaired) electrons. The second-order valence-electron chi connectivity index (χ2n) is 6.13. The van der Waals surface area contributed by atoms with Crippen molar-refractivity contribution in [3.63, 3.8) is 0 Å². The predicted molar refractivity (Wildman–Crippen MR) is 81.8 cm³/mol. The first kappa shape index (κ1) is 15.6. The second kappa shape index (κ2) is 5.56. The zero-order valence-electron chi connectivity index (χ0n) is 12.3. The molecule has 0 fully saturated rings. The lowest BCUT2D eigenvalue weighted by molar-refractivity contribution is -0.122. The van der Waals surface area contributed by atoms with Crippen molar-refractivity contribution in [3.8, 4) is 0 Å². The number of halogens is 1. The van der Waals surface area contributed by atoms with Gasteiger partial charge in [-0.05, 0) is 51.3 Å². The topological polar surface area (TPSA) is 69.6 Å². The summed E-state index contributed by atoms with van der Waals surface area (Å²) in [6, 6.07) is 4.58. The third-order valence-corrected chi connectivity index (χ3v) is 3.94. The summed E-state index contributed by atoms with van der Waals surface area (Å²) < 4.78 is 0. The lowest BCUT2D eigenvalue weighted by Gasteiger charge is -2.38. The van der Waals surface area contributed by atoms with Crippen LogP contribution in [0.2, 0.25) is 5.02 Å². The molecule has 1 aliphatic heterocycles. The standard InChI is InChI=1S/C15H19ClN2O3/c1-15(2,3)18(14(20)21)12-8-7-9-10(16)5-4-6-11(9)17-13(12)19/h4-6,12H,7-8H2,1-3H3,(H,17,19)(H,20,21). The van der Waals surface area contributed by atoms with Crippen LogP contribution in [0.3, 0.4) is 0 Å². The lowest BCUT2D eigenvalue weighted by Crippen LogP contribution is -2.55. The van der Waals surface area contributed by atoms with Crippen molar-refractivity contribution < 1.29 is 14.7 Å². The molecule has 114 valence electrons. The van der Waals surface area contributed by atoms with E-state index in [0.717, 1.165) is 5.56 Å². The first-order valence-corrected chi connectivity index (χ1v) is 7.20. The average Bonchev–Trinajstić information content (AvgIpc) is 2.48. The zero-order chi connectivity index (χ0) is 15.8.